The van der Waals surface area contributed by atoms with Crippen LogP contribution in [0.4, 0.5) is 4.79 Å². The summed E-state index contributed by atoms with van der Waals surface area (Å²) in [5, 5.41) is 2.80. The van der Waals surface area contributed by atoms with Gasteiger partial charge in [0, 0.05) is 13.1 Å². The molecule has 0 aromatic heterocycles. The molecule has 1 aromatic carbocycles. The van der Waals surface area contributed by atoms with Crippen molar-refractivity contribution in [3.63, 3.8) is 0 Å². The van der Waals surface area contributed by atoms with E-state index in [-0.39, 0.29) is 12.8 Å². The van der Waals surface area contributed by atoms with Crippen LogP contribution in [0.2, 0.25) is 0 Å². The number of ether oxygens (including phenoxy) is 2. The van der Waals surface area contributed by atoms with Gasteiger partial charge >= 0.3 is 6.03 Å². The van der Waals surface area contributed by atoms with Crippen molar-refractivity contribution in [2.45, 2.75) is 40.0 Å². The van der Waals surface area contributed by atoms with Crippen LogP contribution in [0.3, 0.4) is 0 Å². The molecule has 0 heterocycles. The van der Waals surface area contributed by atoms with Gasteiger partial charge in [0.2, 0.25) is 0 Å². The Morgan fingerprint density at radius 1 is 1.05 bits per heavy atom. The molecule has 22 heavy (non-hydrogen) atoms. The van der Waals surface area contributed by atoms with Gasteiger partial charge in [0.25, 0.3) is 0 Å². The summed E-state index contributed by atoms with van der Waals surface area (Å²) in [5.41, 5.74) is 0. The largest absolute Gasteiger partial charge is 0.490 e. The number of benzene rings is 1. The summed E-state index contributed by atoms with van der Waals surface area (Å²) in [6.07, 6.45) is 3.04. The molecule has 0 atom stereocenters. The van der Waals surface area contributed by atoms with Crippen LogP contribution in [0.15, 0.2) is 24.3 Å². The van der Waals surface area contributed by atoms with Gasteiger partial charge in [-0.05, 0) is 31.9 Å². The van der Waals surface area contributed by atoms with Crippen molar-refractivity contribution in [3.05, 3.63) is 24.3 Å². The molecule has 1 rings (SSSR count). The highest BCUT2D eigenvalue weighted by Gasteiger charge is 2.11. The number of rotatable bonds is 10. The van der Waals surface area contributed by atoms with Crippen LogP contribution in [-0.4, -0.2) is 37.4 Å². The molecular formula is C17H28N2O3. The highest BCUT2D eigenvalue weighted by atomic mass is 16.5. The van der Waals surface area contributed by atoms with E-state index in [1.54, 1.807) is 0 Å². The van der Waals surface area contributed by atoms with Crippen LogP contribution in [0.25, 0.3) is 0 Å². The van der Waals surface area contributed by atoms with Crippen molar-refractivity contribution in [3.8, 4) is 11.5 Å². The standard InChI is InChI=1S/C17H28N2O3/c1-4-7-13-19(12-5-2)17(20)18-14-22-16-11-9-8-10-15(16)21-6-3/h8-11H,4-7,12-14H2,1-3H3,(H,18,20). The minimum absolute atomic E-state index is 0.0795. The van der Waals surface area contributed by atoms with Gasteiger partial charge in [-0.25, -0.2) is 4.79 Å². The molecule has 0 saturated heterocycles. The Kier molecular flexibility index (Phi) is 8.88. The Bertz CT molecular complexity index is 438. The maximum Gasteiger partial charge on any atom is 0.320 e. The van der Waals surface area contributed by atoms with E-state index in [1.165, 1.54) is 0 Å². The highest BCUT2D eigenvalue weighted by Crippen LogP contribution is 2.25. The number of carbonyl (C=O) groups is 1. The number of hydrogen-bond donors (Lipinski definition) is 1. The number of unbranched alkanes of at least 4 members (excludes halogenated alkanes) is 1. The molecule has 0 spiro atoms. The van der Waals surface area contributed by atoms with E-state index in [0.717, 1.165) is 32.4 Å². The molecule has 0 unspecified atom stereocenters. The number of nitrogens with zero attached hydrogens (tertiary/aromatic N) is 1. The predicted octanol–water partition coefficient (Wildman–Crippen LogP) is 3.64. The first-order valence-corrected chi connectivity index (χ1v) is 8.10. The van der Waals surface area contributed by atoms with Gasteiger partial charge < -0.3 is 19.7 Å². The molecule has 0 fully saturated rings. The number of amides is 2. The second-order valence-electron chi connectivity index (χ2n) is 4.99. The van der Waals surface area contributed by atoms with Crippen molar-refractivity contribution in [1.82, 2.24) is 10.2 Å². The van der Waals surface area contributed by atoms with Crippen molar-refractivity contribution in [1.29, 1.82) is 0 Å². The van der Waals surface area contributed by atoms with E-state index in [2.05, 4.69) is 19.2 Å². The quantitative estimate of drug-likeness (QED) is 0.671. The third-order valence-corrected chi connectivity index (χ3v) is 3.16. The van der Waals surface area contributed by atoms with E-state index in [0.29, 0.717) is 18.1 Å². The zero-order valence-corrected chi connectivity index (χ0v) is 13.9. The van der Waals surface area contributed by atoms with Gasteiger partial charge in [0.15, 0.2) is 18.2 Å². The van der Waals surface area contributed by atoms with E-state index in [1.807, 2.05) is 36.1 Å². The maximum absolute atomic E-state index is 12.1. The second kappa shape index (κ2) is 10.8. The van der Waals surface area contributed by atoms with E-state index >= 15 is 0 Å². The van der Waals surface area contributed by atoms with Gasteiger partial charge in [0.05, 0.1) is 6.61 Å². The molecular weight excluding hydrogens is 280 g/mol. The first-order valence-electron chi connectivity index (χ1n) is 8.10. The molecule has 0 saturated carbocycles. The molecule has 5 heteroatoms. The molecule has 0 radical (unpaired) electrons. The molecule has 2 amide bonds. The smallest absolute Gasteiger partial charge is 0.320 e. The average molecular weight is 308 g/mol. The fraction of sp³-hybridized carbons (Fsp3) is 0.588. The van der Waals surface area contributed by atoms with Gasteiger partial charge in [-0.3, -0.25) is 0 Å². The van der Waals surface area contributed by atoms with Gasteiger partial charge in [-0.2, -0.15) is 0 Å². The Morgan fingerprint density at radius 2 is 1.73 bits per heavy atom. The Hall–Kier alpha value is -1.91. The van der Waals surface area contributed by atoms with E-state index in [9.17, 15) is 4.79 Å². The molecule has 5 nitrogen and oxygen atoms in total. The van der Waals surface area contributed by atoms with Crippen LogP contribution in [0, 0.1) is 0 Å². The third kappa shape index (κ3) is 6.24. The van der Waals surface area contributed by atoms with Gasteiger partial charge in [-0.1, -0.05) is 32.4 Å². The van der Waals surface area contributed by atoms with Crippen LogP contribution in [0.5, 0.6) is 11.5 Å². The van der Waals surface area contributed by atoms with Gasteiger partial charge in [-0.15, -0.1) is 0 Å². The summed E-state index contributed by atoms with van der Waals surface area (Å²) in [6.45, 7) is 8.38. The number of carbonyl (C=O) groups excluding carboxylic acids is 1. The maximum atomic E-state index is 12.1. The lowest BCUT2D eigenvalue weighted by Crippen LogP contribution is -2.42. The lowest BCUT2D eigenvalue weighted by molar-refractivity contribution is 0.182. The molecule has 1 N–H and O–H groups in total. The normalized spacial score (nSPS) is 10.1. The topological polar surface area (TPSA) is 50.8 Å². The van der Waals surface area contributed by atoms with Crippen LogP contribution in [-0.2, 0) is 0 Å². The number of urea groups is 1. The van der Waals surface area contributed by atoms with Crippen molar-refractivity contribution in [2.24, 2.45) is 0 Å². The van der Waals surface area contributed by atoms with Crippen LogP contribution in [0.1, 0.15) is 40.0 Å². The van der Waals surface area contributed by atoms with E-state index < -0.39 is 0 Å². The van der Waals surface area contributed by atoms with Crippen molar-refractivity contribution >= 4 is 6.03 Å². The Balaban J connectivity index is 2.46. The minimum Gasteiger partial charge on any atom is -0.490 e. The third-order valence-electron chi connectivity index (χ3n) is 3.16. The fourth-order valence-corrected chi connectivity index (χ4v) is 2.07. The number of hydrogen-bond acceptors (Lipinski definition) is 3. The summed E-state index contributed by atoms with van der Waals surface area (Å²) in [7, 11) is 0. The number of para-hydroxylation sites is 2. The summed E-state index contributed by atoms with van der Waals surface area (Å²) in [5.74, 6) is 1.33. The summed E-state index contributed by atoms with van der Waals surface area (Å²) < 4.78 is 11.1. The predicted molar refractivity (Wildman–Crippen MR) is 88.4 cm³/mol. The summed E-state index contributed by atoms with van der Waals surface area (Å²) >= 11 is 0. The fourth-order valence-electron chi connectivity index (χ4n) is 2.07. The number of nitrogens with one attached hydrogen (secondary N) is 1. The van der Waals surface area contributed by atoms with Crippen molar-refractivity contribution < 1.29 is 14.3 Å². The van der Waals surface area contributed by atoms with Crippen LogP contribution >= 0.6 is 0 Å². The first-order chi connectivity index (χ1) is 10.7. The monoisotopic (exact) mass is 308 g/mol. The summed E-state index contributed by atoms with van der Waals surface area (Å²) in [6, 6.07) is 7.38. The van der Waals surface area contributed by atoms with Crippen LogP contribution < -0.4 is 14.8 Å². The van der Waals surface area contributed by atoms with Crippen molar-refractivity contribution in [2.75, 3.05) is 26.4 Å². The zero-order valence-electron chi connectivity index (χ0n) is 13.9. The Labute approximate surface area is 133 Å². The minimum atomic E-state index is -0.0795. The molecule has 124 valence electrons. The molecule has 0 aliphatic carbocycles. The average Bonchev–Trinajstić information content (AvgIpc) is 2.53. The first kappa shape index (κ1) is 18.1. The highest BCUT2D eigenvalue weighted by molar-refractivity contribution is 5.74. The molecule has 0 aliphatic rings. The Morgan fingerprint density at radius 3 is 2.32 bits per heavy atom. The zero-order chi connectivity index (χ0) is 16.2. The van der Waals surface area contributed by atoms with E-state index in [4.69, 9.17) is 9.47 Å². The lowest BCUT2D eigenvalue weighted by atomic mass is 10.3. The molecule has 1 aromatic rings. The lowest BCUT2D eigenvalue weighted by Gasteiger charge is -2.22. The molecule has 0 aliphatic heterocycles. The molecule has 0 bridgehead atoms. The SMILES string of the molecule is CCCCN(CCC)C(=O)NCOc1ccccc1OCC. The second-order valence-corrected chi connectivity index (χ2v) is 4.99. The summed E-state index contributed by atoms with van der Waals surface area (Å²) in [4.78, 5) is 14.0. The van der Waals surface area contributed by atoms with Gasteiger partial charge in [0.1, 0.15) is 0 Å².